The molecule has 0 aromatic rings. The van der Waals surface area contributed by atoms with Crippen molar-refractivity contribution in [2.45, 2.75) is 13.0 Å². The average molecular weight is 220 g/mol. The molecule has 0 spiro atoms. The second-order valence-corrected chi connectivity index (χ2v) is 5.16. The maximum absolute atomic E-state index is 11.1. The summed E-state index contributed by atoms with van der Waals surface area (Å²) in [4.78, 5) is 2.29. The van der Waals surface area contributed by atoms with Gasteiger partial charge in [0.15, 0.2) is 0 Å². The van der Waals surface area contributed by atoms with Crippen LogP contribution < -0.4 is 5.73 Å². The van der Waals surface area contributed by atoms with Gasteiger partial charge in [-0.15, -0.1) is 0 Å². The van der Waals surface area contributed by atoms with Gasteiger partial charge >= 0.3 is 0 Å². The van der Waals surface area contributed by atoms with E-state index in [4.69, 9.17) is 10.5 Å². The Bertz CT molecular complexity index is 180. The maximum Gasteiger partial charge on any atom is 0.0823 e. The van der Waals surface area contributed by atoms with E-state index in [9.17, 15) is 4.21 Å². The SMILES string of the molecule is CCOC(CN)CN1CCS(=O)CC1. The second kappa shape index (κ2) is 6.50. The van der Waals surface area contributed by atoms with Crippen molar-refractivity contribution in [2.24, 2.45) is 5.73 Å². The van der Waals surface area contributed by atoms with Crippen molar-refractivity contribution >= 4 is 10.8 Å². The lowest BCUT2D eigenvalue weighted by molar-refractivity contribution is 0.0414. The first-order valence-electron chi connectivity index (χ1n) is 5.15. The zero-order valence-corrected chi connectivity index (χ0v) is 9.59. The highest BCUT2D eigenvalue weighted by Gasteiger charge is 2.18. The van der Waals surface area contributed by atoms with E-state index in [2.05, 4.69) is 4.90 Å². The zero-order valence-electron chi connectivity index (χ0n) is 8.78. The Hall–Kier alpha value is 0.0300. The van der Waals surface area contributed by atoms with Crippen LogP contribution in [0.25, 0.3) is 0 Å². The molecule has 5 heteroatoms. The third-order valence-corrected chi connectivity index (χ3v) is 3.67. The van der Waals surface area contributed by atoms with Gasteiger partial charge in [0.2, 0.25) is 0 Å². The van der Waals surface area contributed by atoms with Crippen LogP contribution in [0.4, 0.5) is 0 Å². The molecule has 1 saturated heterocycles. The Kier molecular flexibility index (Phi) is 5.62. The van der Waals surface area contributed by atoms with Gasteiger partial charge in [0.05, 0.1) is 6.10 Å². The zero-order chi connectivity index (χ0) is 10.4. The first-order valence-corrected chi connectivity index (χ1v) is 6.64. The normalized spacial score (nSPS) is 22.4. The number of rotatable bonds is 5. The maximum atomic E-state index is 11.1. The van der Waals surface area contributed by atoms with Gasteiger partial charge in [-0.1, -0.05) is 0 Å². The largest absolute Gasteiger partial charge is 0.376 e. The lowest BCUT2D eigenvalue weighted by Gasteiger charge is -2.29. The molecule has 0 amide bonds. The van der Waals surface area contributed by atoms with E-state index in [1.54, 1.807) is 0 Å². The van der Waals surface area contributed by atoms with E-state index in [0.717, 1.165) is 31.1 Å². The van der Waals surface area contributed by atoms with Crippen LogP contribution in [-0.4, -0.2) is 59.5 Å². The summed E-state index contributed by atoms with van der Waals surface area (Å²) in [5.74, 6) is 1.59. The molecule has 1 fully saturated rings. The van der Waals surface area contributed by atoms with E-state index in [1.165, 1.54) is 0 Å². The Morgan fingerprint density at radius 1 is 1.50 bits per heavy atom. The highest BCUT2D eigenvalue weighted by atomic mass is 32.2. The third kappa shape index (κ3) is 4.04. The molecule has 0 aromatic carbocycles. The van der Waals surface area contributed by atoms with Crippen LogP contribution in [0.15, 0.2) is 0 Å². The Morgan fingerprint density at radius 2 is 2.14 bits per heavy atom. The predicted molar refractivity (Wildman–Crippen MR) is 58.8 cm³/mol. The van der Waals surface area contributed by atoms with Crippen molar-refractivity contribution in [3.05, 3.63) is 0 Å². The lowest BCUT2D eigenvalue weighted by Crippen LogP contribution is -2.44. The van der Waals surface area contributed by atoms with Crippen molar-refractivity contribution in [1.29, 1.82) is 0 Å². The highest BCUT2D eigenvalue weighted by molar-refractivity contribution is 7.85. The van der Waals surface area contributed by atoms with Crippen molar-refractivity contribution in [1.82, 2.24) is 4.90 Å². The predicted octanol–water partition coefficient (Wildman–Crippen LogP) is -0.585. The summed E-state index contributed by atoms with van der Waals surface area (Å²) in [6, 6.07) is 0. The Balaban J connectivity index is 2.24. The second-order valence-electron chi connectivity index (χ2n) is 3.46. The molecule has 0 radical (unpaired) electrons. The molecule has 84 valence electrons. The summed E-state index contributed by atoms with van der Waals surface area (Å²) in [7, 11) is -0.595. The molecule has 1 atom stereocenters. The molecular weight excluding hydrogens is 200 g/mol. The van der Waals surface area contributed by atoms with E-state index < -0.39 is 10.8 Å². The Morgan fingerprint density at radius 3 is 2.64 bits per heavy atom. The minimum absolute atomic E-state index is 0.131. The molecule has 0 aromatic heterocycles. The summed E-state index contributed by atoms with van der Waals surface area (Å²) >= 11 is 0. The quantitative estimate of drug-likeness (QED) is 0.673. The van der Waals surface area contributed by atoms with E-state index in [1.807, 2.05) is 6.92 Å². The number of ether oxygens (including phenoxy) is 1. The minimum Gasteiger partial charge on any atom is -0.376 e. The first-order chi connectivity index (χ1) is 6.76. The van der Waals surface area contributed by atoms with E-state index in [-0.39, 0.29) is 6.10 Å². The molecule has 2 N–H and O–H groups in total. The van der Waals surface area contributed by atoms with Gasteiger partial charge in [-0.05, 0) is 6.92 Å². The Labute approximate surface area is 88.2 Å². The highest BCUT2D eigenvalue weighted by Crippen LogP contribution is 2.02. The van der Waals surface area contributed by atoms with Crippen LogP contribution in [0.1, 0.15) is 6.92 Å². The molecule has 1 heterocycles. The summed E-state index contributed by atoms with van der Waals surface area (Å²) in [5.41, 5.74) is 5.59. The summed E-state index contributed by atoms with van der Waals surface area (Å²) in [6.45, 7) is 5.96. The van der Waals surface area contributed by atoms with Crippen LogP contribution in [-0.2, 0) is 15.5 Å². The van der Waals surface area contributed by atoms with Gasteiger partial charge < -0.3 is 10.5 Å². The first kappa shape index (κ1) is 12.1. The number of hydrogen-bond donors (Lipinski definition) is 1. The van der Waals surface area contributed by atoms with E-state index in [0.29, 0.717) is 13.2 Å². The van der Waals surface area contributed by atoms with E-state index >= 15 is 0 Å². The van der Waals surface area contributed by atoms with Crippen LogP contribution in [0, 0.1) is 0 Å². The molecule has 0 bridgehead atoms. The molecule has 1 rings (SSSR count). The molecule has 0 aliphatic carbocycles. The molecule has 4 nitrogen and oxygen atoms in total. The van der Waals surface area contributed by atoms with Crippen molar-refractivity contribution in [3.8, 4) is 0 Å². The lowest BCUT2D eigenvalue weighted by atomic mass is 10.3. The van der Waals surface area contributed by atoms with Gasteiger partial charge in [0.1, 0.15) is 0 Å². The third-order valence-electron chi connectivity index (χ3n) is 2.40. The van der Waals surface area contributed by atoms with Crippen LogP contribution >= 0.6 is 0 Å². The van der Waals surface area contributed by atoms with Crippen LogP contribution in [0.5, 0.6) is 0 Å². The average Bonchev–Trinajstić information content (AvgIpc) is 2.20. The van der Waals surface area contributed by atoms with Gasteiger partial charge in [0, 0.05) is 55.1 Å². The van der Waals surface area contributed by atoms with Crippen molar-refractivity contribution < 1.29 is 8.95 Å². The van der Waals surface area contributed by atoms with Crippen molar-refractivity contribution in [2.75, 3.05) is 44.3 Å². The van der Waals surface area contributed by atoms with Crippen LogP contribution in [0.2, 0.25) is 0 Å². The fourth-order valence-corrected chi connectivity index (χ4v) is 2.71. The van der Waals surface area contributed by atoms with Crippen LogP contribution in [0.3, 0.4) is 0 Å². The number of nitrogens with two attached hydrogens (primary N) is 1. The van der Waals surface area contributed by atoms with Gasteiger partial charge in [-0.25, -0.2) is 0 Å². The van der Waals surface area contributed by atoms with Gasteiger partial charge in [-0.3, -0.25) is 9.11 Å². The molecular formula is C9H20N2O2S. The smallest absolute Gasteiger partial charge is 0.0823 e. The molecule has 1 aliphatic rings. The standard InChI is InChI=1S/C9H20N2O2S/c1-2-13-9(7-10)8-11-3-5-14(12)6-4-11/h9H,2-8,10H2,1H3. The van der Waals surface area contributed by atoms with Gasteiger partial charge in [0.25, 0.3) is 0 Å². The number of nitrogens with zero attached hydrogens (tertiary/aromatic N) is 1. The summed E-state index contributed by atoms with van der Waals surface area (Å²) < 4.78 is 16.6. The fraction of sp³-hybridized carbons (Fsp3) is 1.00. The molecule has 0 saturated carbocycles. The van der Waals surface area contributed by atoms with Gasteiger partial charge in [-0.2, -0.15) is 0 Å². The summed E-state index contributed by atoms with van der Waals surface area (Å²) in [6.07, 6.45) is 0.131. The minimum atomic E-state index is -0.595. The van der Waals surface area contributed by atoms with Crippen molar-refractivity contribution in [3.63, 3.8) is 0 Å². The molecule has 1 unspecified atom stereocenters. The fourth-order valence-electron chi connectivity index (χ4n) is 1.58. The molecule has 14 heavy (non-hydrogen) atoms. The topological polar surface area (TPSA) is 55.6 Å². The number of hydrogen-bond acceptors (Lipinski definition) is 4. The monoisotopic (exact) mass is 220 g/mol. The summed E-state index contributed by atoms with van der Waals surface area (Å²) in [5, 5.41) is 0. The molecule has 1 aliphatic heterocycles.